The predicted octanol–water partition coefficient (Wildman–Crippen LogP) is 2.36. The molecule has 0 saturated heterocycles. The van der Waals surface area contributed by atoms with E-state index in [1.54, 1.807) is 0 Å². The fourth-order valence-electron chi connectivity index (χ4n) is 2.02. The van der Waals surface area contributed by atoms with Crippen molar-refractivity contribution >= 4 is 11.7 Å². The third-order valence-corrected chi connectivity index (χ3v) is 3.09. The number of nitrogens with one attached hydrogen (secondary N) is 1. The quantitative estimate of drug-likeness (QED) is 0.822. The number of anilines is 1. The molecule has 0 bridgehead atoms. The minimum Gasteiger partial charge on any atom is -0.494 e. The van der Waals surface area contributed by atoms with Gasteiger partial charge in [0.2, 0.25) is 0 Å². The molecule has 1 fully saturated rings. The Bertz CT molecular complexity index is 405. The Morgan fingerprint density at radius 3 is 2.94 bits per heavy atom. The van der Waals surface area contributed by atoms with Gasteiger partial charge in [-0.2, -0.15) is 0 Å². The zero-order valence-corrected chi connectivity index (χ0v) is 9.85. The summed E-state index contributed by atoms with van der Waals surface area (Å²) in [6, 6.07) is 7.68. The van der Waals surface area contributed by atoms with E-state index in [9.17, 15) is 4.79 Å². The minimum atomic E-state index is -0.713. The third-order valence-electron chi connectivity index (χ3n) is 3.09. The van der Waals surface area contributed by atoms with Gasteiger partial charge in [0.15, 0.2) is 0 Å². The van der Waals surface area contributed by atoms with Gasteiger partial charge in [0.05, 0.1) is 12.5 Å². The summed E-state index contributed by atoms with van der Waals surface area (Å²) >= 11 is 0. The smallest absolute Gasteiger partial charge is 0.308 e. The zero-order chi connectivity index (χ0) is 12.3. The van der Waals surface area contributed by atoms with Crippen LogP contribution in [-0.4, -0.2) is 23.7 Å². The molecule has 2 N–H and O–H groups in total. The summed E-state index contributed by atoms with van der Waals surface area (Å²) in [6.07, 6.45) is 1.67. The normalized spacial score (nSPS) is 22.6. The number of hydrogen-bond donors (Lipinski definition) is 2. The highest BCUT2D eigenvalue weighted by Gasteiger charge is 2.36. The summed E-state index contributed by atoms with van der Waals surface area (Å²) in [7, 11) is 0. The molecule has 17 heavy (non-hydrogen) atoms. The lowest BCUT2D eigenvalue weighted by Crippen LogP contribution is -2.42. The Labute approximate surface area is 101 Å². The highest BCUT2D eigenvalue weighted by molar-refractivity contribution is 5.73. The largest absolute Gasteiger partial charge is 0.494 e. The van der Waals surface area contributed by atoms with Crippen molar-refractivity contribution in [1.29, 1.82) is 0 Å². The van der Waals surface area contributed by atoms with Gasteiger partial charge in [-0.15, -0.1) is 0 Å². The Kier molecular flexibility index (Phi) is 3.52. The molecule has 1 aromatic rings. The van der Waals surface area contributed by atoms with Crippen LogP contribution in [0.4, 0.5) is 5.69 Å². The second-order valence-electron chi connectivity index (χ2n) is 4.23. The molecular formula is C13H17NO3. The molecular weight excluding hydrogens is 218 g/mol. The molecule has 0 aromatic heterocycles. The fourth-order valence-corrected chi connectivity index (χ4v) is 2.02. The maximum absolute atomic E-state index is 10.9. The fraction of sp³-hybridized carbons (Fsp3) is 0.462. The Balaban J connectivity index is 1.99. The minimum absolute atomic E-state index is 0.0457. The van der Waals surface area contributed by atoms with E-state index in [1.165, 1.54) is 0 Å². The highest BCUT2D eigenvalue weighted by Crippen LogP contribution is 2.31. The van der Waals surface area contributed by atoms with Gasteiger partial charge in [-0.25, -0.2) is 0 Å². The van der Waals surface area contributed by atoms with Crippen LogP contribution in [0.2, 0.25) is 0 Å². The highest BCUT2D eigenvalue weighted by atomic mass is 16.5. The van der Waals surface area contributed by atoms with Gasteiger partial charge in [-0.05, 0) is 31.9 Å². The maximum atomic E-state index is 10.9. The molecule has 0 aliphatic heterocycles. The van der Waals surface area contributed by atoms with Gasteiger partial charge in [0.25, 0.3) is 0 Å². The first-order valence-corrected chi connectivity index (χ1v) is 5.93. The van der Waals surface area contributed by atoms with Crippen molar-refractivity contribution in [3.63, 3.8) is 0 Å². The lowest BCUT2D eigenvalue weighted by molar-refractivity contribution is -0.144. The number of ether oxygens (including phenoxy) is 1. The Morgan fingerprint density at radius 2 is 2.35 bits per heavy atom. The molecule has 0 spiro atoms. The number of rotatable bonds is 5. The lowest BCUT2D eigenvalue weighted by Gasteiger charge is -2.34. The van der Waals surface area contributed by atoms with Crippen molar-refractivity contribution in [2.45, 2.75) is 25.8 Å². The molecule has 2 rings (SSSR count). The molecule has 4 heteroatoms. The predicted molar refractivity (Wildman–Crippen MR) is 65.4 cm³/mol. The number of hydrogen-bond acceptors (Lipinski definition) is 3. The molecule has 0 heterocycles. The van der Waals surface area contributed by atoms with E-state index in [0.29, 0.717) is 6.61 Å². The van der Waals surface area contributed by atoms with Crippen molar-refractivity contribution in [1.82, 2.24) is 0 Å². The third kappa shape index (κ3) is 2.70. The van der Waals surface area contributed by atoms with E-state index in [4.69, 9.17) is 9.84 Å². The van der Waals surface area contributed by atoms with Crippen LogP contribution in [0.15, 0.2) is 24.3 Å². The molecule has 92 valence electrons. The average molecular weight is 235 g/mol. The van der Waals surface area contributed by atoms with Crippen LogP contribution in [0.5, 0.6) is 5.75 Å². The SMILES string of the molecule is CCOc1cccc(NC2CCC2C(=O)O)c1. The number of carbonyl (C=O) groups is 1. The Hall–Kier alpha value is -1.71. The number of benzene rings is 1. The van der Waals surface area contributed by atoms with E-state index in [-0.39, 0.29) is 12.0 Å². The van der Waals surface area contributed by atoms with E-state index in [0.717, 1.165) is 24.3 Å². The van der Waals surface area contributed by atoms with E-state index >= 15 is 0 Å². The standard InChI is InChI=1S/C13H17NO3/c1-2-17-10-5-3-4-9(8-10)14-12-7-6-11(12)13(15)16/h3-5,8,11-12,14H,2,6-7H2,1H3,(H,15,16). The second kappa shape index (κ2) is 5.08. The summed E-state index contributed by atoms with van der Waals surface area (Å²) in [5, 5.41) is 12.2. The molecule has 1 aliphatic rings. The molecule has 2 unspecified atom stereocenters. The molecule has 4 nitrogen and oxygen atoms in total. The van der Waals surface area contributed by atoms with Crippen LogP contribution in [0.3, 0.4) is 0 Å². The van der Waals surface area contributed by atoms with Gasteiger partial charge in [0.1, 0.15) is 5.75 Å². The van der Waals surface area contributed by atoms with Gasteiger partial charge in [-0.3, -0.25) is 4.79 Å². The van der Waals surface area contributed by atoms with Crippen molar-refractivity contribution in [2.24, 2.45) is 5.92 Å². The number of carboxylic acid groups (broad SMARTS) is 1. The second-order valence-corrected chi connectivity index (χ2v) is 4.23. The average Bonchev–Trinajstić information content (AvgIpc) is 2.25. The van der Waals surface area contributed by atoms with Gasteiger partial charge in [-0.1, -0.05) is 6.07 Å². The van der Waals surface area contributed by atoms with E-state index < -0.39 is 5.97 Å². The lowest BCUT2D eigenvalue weighted by atomic mass is 9.79. The van der Waals surface area contributed by atoms with Gasteiger partial charge >= 0.3 is 5.97 Å². The van der Waals surface area contributed by atoms with Crippen LogP contribution in [0, 0.1) is 5.92 Å². The van der Waals surface area contributed by atoms with Gasteiger partial charge < -0.3 is 15.2 Å². The number of aliphatic carboxylic acids is 1. The molecule has 1 aliphatic carbocycles. The molecule has 2 atom stereocenters. The summed E-state index contributed by atoms with van der Waals surface area (Å²) in [4.78, 5) is 10.9. The van der Waals surface area contributed by atoms with E-state index in [2.05, 4.69) is 5.32 Å². The monoisotopic (exact) mass is 235 g/mol. The summed E-state index contributed by atoms with van der Waals surface area (Å²) in [5.41, 5.74) is 0.923. The molecule has 0 radical (unpaired) electrons. The van der Waals surface area contributed by atoms with Crippen LogP contribution in [0.25, 0.3) is 0 Å². The van der Waals surface area contributed by atoms with E-state index in [1.807, 2.05) is 31.2 Å². The zero-order valence-electron chi connectivity index (χ0n) is 9.85. The van der Waals surface area contributed by atoms with Crippen molar-refractivity contribution in [3.05, 3.63) is 24.3 Å². The van der Waals surface area contributed by atoms with Crippen molar-refractivity contribution in [3.8, 4) is 5.75 Å². The summed E-state index contributed by atoms with van der Waals surface area (Å²) < 4.78 is 5.40. The molecule has 1 aromatic carbocycles. The number of carboxylic acids is 1. The molecule has 0 amide bonds. The van der Waals surface area contributed by atoms with Crippen LogP contribution in [0.1, 0.15) is 19.8 Å². The maximum Gasteiger partial charge on any atom is 0.308 e. The van der Waals surface area contributed by atoms with Gasteiger partial charge in [0, 0.05) is 17.8 Å². The van der Waals surface area contributed by atoms with Crippen LogP contribution in [-0.2, 0) is 4.79 Å². The first kappa shape index (κ1) is 11.8. The molecule has 1 saturated carbocycles. The van der Waals surface area contributed by atoms with Crippen LogP contribution < -0.4 is 10.1 Å². The first-order valence-electron chi connectivity index (χ1n) is 5.93. The summed E-state index contributed by atoms with van der Waals surface area (Å²) in [6.45, 7) is 2.57. The van der Waals surface area contributed by atoms with Crippen molar-refractivity contribution < 1.29 is 14.6 Å². The Morgan fingerprint density at radius 1 is 1.53 bits per heavy atom. The first-order chi connectivity index (χ1) is 8.20. The summed E-state index contributed by atoms with van der Waals surface area (Å²) in [5.74, 6) is -0.163. The topological polar surface area (TPSA) is 58.6 Å². The van der Waals surface area contributed by atoms with Crippen molar-refractivity contribution in [2.75, 3.05) is 11.9 Å². The van der Waals surface area contributed by atoms with Crippen LogP contribution >= 0.6 is 0 Å².